The highest BCUT2D eigenvalue weighted by molar-refractivity contribution is 5.72. The van der Waals surface area contributed by atoms with E-state index in [1.807, 2.05) is 21.1 Å². The van der Waals surface area contributed by atoms with Crippen molar-refractivity contribution in [2.24, 2.45) is 0 Å². The summed E-state index contributed by atoms with van der Waals surface area (Å²) in [5.74, 6) is -1.47. The first kappa shape index (κ1) is 52.8. The summed E-state index contributed by atoms with van der Waals surface area (Å²) in [5, 5.41) is 9.62. The van der Waals surface area contributed by atoms with Gasteiger partial charge in [-0.15, -0.1) is 0 Å². The highest BCUT2D eigenvalue weighted by atomic mass is 16.6. The summed E-state index contributed by atoms with van der Waals surface area (Å²) in [7, 11) is 5.53. The third-order valence-electron chi connectivity index (χ3n) is 10.4. The van der Waals surface area contributed by atoms with Gasteiger partial charge in [0.15, 0.2) is 12.1 Å². The van der Waals surface area contributed by atoms with Crippen LogP contribution in [0, 0.1) is 0 Å². The Morgan fingerprint density at radius 2 is 0.982 bits per heavy atom. The van der Waals surface area contributed by atoms with E-state index in [9.17, 15) is 19.5 Å². The molecule has 55 heavy (non-hydrogen) atoms. The molecule has 0 aromatic heterocycles. The van der Waals surface area contributed by atoms with Crippen LogP contribution >= 0.6 is 0 Å². The zero-order valence-corrected chi connectivity index (χ0v) is 36.6. The molecule has 8 heteroatoms. The molecule has 0 aromatic rings. The minimum Gasteiger partial charge on any atom is -0.477 e. The SMILES string of the molecule is CCCC/C=C\C/C=C\CCCCCCCC(=O)OC(COCCC(C(=O)O)[N+](C)(C)C)COC(=O)CCCCCCCCCCCCCCCCCCC. The van der Waals surface area contributed by atoms with Crippen LogP contribution in [0.3, 0.4) is 0 Å². The average molecular weight is 779 g/mol. The first-order valence-electron chi connectivity index (χ1n) is 22.9. The molecule has 0 saturated heterocycles. The molecule has 0 amide bonds. The van der Waals surface area contributed by atoms with Gasteiger partial charge in [-0.05, 0) is 38.5 Å². The number of nitrogens with zero attached hydrogens (tertiary/aromatic N) is 1. The molecule has 0 fully saturated rings. The van der Waals surface area contributed by atoms with Crippen LogP contribution in [0.5, 0.6) is 0 Å². The molecule has 0 saturated carbocycles. The Morgan fingerprint density at radius 3 is 1.45 bits per heavy atom. The molecular weight excluding hydrogens is 691 g/mol. The van der Waals surface area contributed by atoms with Gasteiger partial charge in [-0.3, -0.25) is 9.59 Å². The quantitative estimate of drug-likeness (QED) is 0.0285. The maximum Gasteiger partial charge on any atom is 0.362 e. The van der Waals surface area contributed by atoms with Crippen molar-refractivity contribution >= 4 is 17.9 Å². The van der Waals surface area contributed by atoms with Crippen molar-refractivity contribution in [1.82, 2.24) is 0 Å². The van der Waals surface area contributed by atoms with Crippen LogP contribution < -0.4 is 0 Å². The summed E-state index contributed by atoms with van der Waals surface area (Å²) in [6, 6.07) is -0.614. The second kappa shape index (κ2) is 38.7. The van der Waals surface area contributed by atoms with E-state index >= 15 is 0 Å². The van der Waals surface area contributed by atoms with Gasteiger partial charge >= 0.3 is 17.9 Å². The second-order valence-electron chi connectivity index (χ2n) is 16.7. The lowest BCUT2D eigenvalue weighted by Crippen LogP contribution is -2.50. The van der Waals surface area contributed by atoms with Gasteiger partial charge in [0, 0.05) is 19.3 Å². The monoisotopic (exact) mass is 779 g/mol. The van der Waals surface area contributed by atoms with Crippen LogP contribution in [0.25, 0.3) is 0 Å². The Morgan fingerprint density at radius 1 is 0.545 bits per heavy atom. The van der Waals surface area contributed by atoms with Crippen LogP contribution in [0.4, 0.5) is 0 Å². The van der Waals surface area contributed by atoms with Crippen molar-refractivity contribution < 1.29 is 38.2 Å². The van der Waals surface area contributed by atoms with Crippen molar-refractivity contribution in [2.75, 3.05) is 41.0 Å². The van der Waals surface area contributed by atoms with Crippen molar-refractivity contribution in [3.05, 3.63) is 24.3 Å². The highest BCUT2D eigenvalue weighted by Crippen LogP contribution is 2.15. The van der Waals surface area contributed by atoms with Crippen LogP contribution in [-0.2, 0) is 28.6 Å². The van der Waals surface area contributed by atoms with Gasteiger partial charge in [0.05, 0.1) is 34.4 Å². The molecule has 2 unspecified atom stereocenters. The van der Waals surface area contributed by atoms with Crippen LogP contribution in [-0.4, -0.2) is 80.6 Å². The predicted molar refractivity (Wildman–Crippen MR) is 229 cm³/mol. The fourth-order valence-electron chi connectivity index (χ4n) is 6.76. The largest absolute Gasteiger partial charge is 0.477 e. The number of unbranched alkanes of at least 4 members (excludes halogenated alkanes) is 23. The number of carboxylic acid groups (broad SMARTS) is 1. The molecule has 0 aromatic carbocycles. The highest BCUT2D eigenvalue weighted by Gasteiger charge is 2.31. The molecule has 0 aliphatic carbocycles. The van der Waals surface area contributed by atoms with Crippen molar-refractivity contribution in [1.29, 1.82) is 0 Å². The molecule has 322 valence electrons. The van der Waals surface area contributed by atoms with Crippen molar-refractivity contribution in [3.63, 3.8) is 0 Å². The van der Waals surface area contributed by atoms with E-state index in [1.54, 1.807) is 0 Å². The summed E-state index contributed by atoms with van der Waals surface area (Å²) in [4.78, 5) is 37.0. The van der Waals surface area contributed by atoms with Gasteiger partial charge in [-0.2, -0.15) is 0 Å². The standard InChI is InChI=1S/C47H87NO7/c1-6-8-10-12-14-16-18-20-22-23-24-26-27-29-31-33-35-37-45(49)54-42-43(41-53-40-39-44(47(51)52)48(3,4)5)55-46(50)38-36-34-32-30-28-25-21-19-17-15-13-11-9-7-2/h13,15,19,21,43-44H,6-12,14,16-18,20,22-42H2,1-5H3/p+1/b15-13-,21-19-. The number of aliphatic carboxylic acids is 1. The maximum absolute atomic E-state index is 12.7. The molecule has 0 aliphatic rings. The molecule has 0 radical (unpaired) electrons. The summed E-state index contributed by atoms with van der Waals surface area (Å²) in [5.41, 5.74) is 0. The molecule has 0 bridgehead atoms. The lowest BCUT2D eigenvalue weighted by Gasteiger charge is -2.31. The number of carbonyl (C=O) groups is 3. The van der Waals surface area contributed by atoms with E-state index in [-0.39, 0.29) is 36.2 Å². The van der Waals surface area contributed by atoms with Gasteiger partial charge in [0.1, 0.15) is 6.61 Å². The number of rotatable bonds is 41. The zero-order chi connectivity index (χ0) is 40.7. The predicted octanol–water partition coefficient (Wildman–Crippen LogP) is 12.5. The van der Waals surface area contributed by atoms with Gasteiger partial charge < -0.3 is 23.8 Å². The number of esters is 2. The topological polar surface area (TPSA) is 99.1 Å². The van der Waals surface area contributed by atoms with Gasteiger partial charge in [0.25, 0.3) is 0 Å². The molecule has 8 nitrogen and oxygen atoms in total. The maximum atomic E-state index is 12.7. The molecule has 0 spiro atoms. The van der Waals surface area contributed by atoms with E-state index in [0.717, 1.165) is 64.2 Å². The van der Waals surface area contributed by atoms with Gasteiger partial charge in [-0.25, -0.2) is 4.79 Å². The molecule has 1 N–H and O–H groups in total. The summed E-state index contributed by atoms with van der Waals surface area (Å²) < 4.78 is 17.3. The summed E-state index contributed by atoms with van der Waals surface area (Å²) >= 11 is 0. The van der Waals surface area contributed by atoms with E-state index in [1.165, 1.54) is 109 Å². The fraction of sp³-hybridized carbons (Fsp3) is 0.851. The van der Waals surface area contributed by atoms with E-state index in [2.05, 4.69) is 38.2 Å². The first-order chi connectivity index (χ1) is 26.6. The smallest absolute Gasteiger partial charge is 0.362 e. The van der Waals surface area contributed by atoms with E-state index in [4.69, 9.17) is 14.2 Å². The first-order valence-corrected chi connectivity index (χ1v) is 22.9. The fourth-order valence-corrected chi connectivity index (χ4v) is 6.76. The van der Waals surface area contributed by atoms with Crippen molar-refractivity contribution in [2.45, 2.75) is 219 Å². The summed E-state index contributed by atoms with van der Waals surface area (Å²) in [6.45, 7) is 4.70. The Bertz CT molecular complexity index is 957. The lowest BCUT2D eigenvalue weighted by atomic mass is 10.0. The Balaban J connectivity index is 4.30. The van der Waals surface area contributed by atoms with Gasteiger partial charge in [-0.1, -0.05) is 173 Å². The van der Waals surface area contributed by atoms with E-state index < -0.39 is 18.1 Å². The number of allylic oxidation sites excluding steroid dienone is 4. The molecule has 0 rings (SSSR count). The Hall–Kier alpha value is -2.19. The van der Waals surface area contributed by atoms with Crippen LogP contribution in [0.15, 0.2) is 24.3 Å². The summed E-state index contributed by atoms with van der Waals surface area (Å²) in [6.07, 6.45) is 42.1. The number of likely N-dealkylation sites (N-methyl/N-ethyl adjacent to an activating group) is 1. The van der Waals surface area contributed by atoms with Crippen LogP contribution in [0.1, 0.15) is 206 Å². The number of ether oxygens (including phenoxy) is 3. The number of carbonyl (C=O) groups excluding carboxylic acids is 2. The number of quaternary nitrogens is 1. The molecule has 0 heterocycles. The zero-order valence-electron chi connectivity index (χ0n) is 36.6. The van der Waals surface area contributed by atoms with E-state index in [0.29, 0.717) is 19.3 Å². The Labute approximate surface area is 339 Å². The third-order valence-corrected chi connectivity index (χ3v) is 10.4. The Kier molecular flexibility index (Phi) is 37.1. The number of hydrogen-bond donors (Lipinski definition) is 1. The normalized spacial score (nSPS) is 13.1. The van der Waals surface area contributed by atoms with Crippen molar-refractivity contribution in [3.8, 4) is 0 Å². The lowest BCUT2D eigenvalue weighted by molar-refractivity contribution is -0.887. The molecular formula is C47H88NO7+. The number of hydrogen-bond acceptors (Lipinski definition) is 6. The number of carboxylic acids is 1. The average Bonchev–Trinajstić information content (AvgIpc) is 3.14. The third kappa shape index (κ3) is 37.2. The second-order valence-corrected chi connectivity index (χ2v) is 16.7. The minimum absolute atomic E-state index is 0.0523. The minimum atomic E-state index is -0.876. The molecule has 2 atom stereocenters. The van der Waals surface area contributed by atoms with Gasteiger partial charge in [0.2, 0.25) is 0 Å². The molecule has 0 aliphatic heterocycles. The van der Waals surface area contributed by atoms with Crippen LogP contribution in [0.2, 0.25) is 0 Å².